The number of aliphatic hydroxyl groups is 1. The van der Waals surface area contributed by atoms with Crippen LogP contribution in [-0.2, 0) is 9.53 Å². The van der Waals surface area contributed by atoms with Crippen LogP contribution in [0, 0.1) is 0 Å². The highest BCUT2D eigenvalue weighted by Gasteiger charge is 2.02. The Kier molecular flexibility index (Phi) is 27.0. The van der Waals surface area contributed by atoms with Crippen LogP contribution in [-0.4, -0.2) is 24.3 Å². The maximum atomic E-state index is 11.8. The molecule has 3 nitrogen and oxygen atoms in total. The third kappa shape index (κ3) is 27.4. The van der Waals surface area contributed by atoms with Crippen LogP contribution < -0.4 is 0 Å². The quantitative estimate of drug-likeness (QED) is 0.108. The smallest absolute Gasteiger partial charge is 0.305 e. The lowest BCUT2D eigenvalue weighted by Crippen LogP contribution is -2.05. The molecule has 1 N–H and O–H groups in total. The minimum absolute atomic E-state index is 0.00121. The van der Waals surface area contributed by atoms with E-state index in [1.165, 1.54) is 116 Å². The van der Waals surface area contributed by atoms with Gasteiger partial charge in [-0.25, -0.2) is 0 Å². The van der Waals surface area contributed by atoms with Crippen LogP contribution in [0.15, 0.2) is 0 Å². The van der Waals surface area contributed by atoms with E-state index in [0.717, 1.165) is 32.1 Å². The topological polar surface area (TPSA) is 46.5 Å². The Labute approximate surface area is 195 Å². The molecule has 31 heavy (non-hydrogen) atoms. The number of esters is 1. The number of hydrogen-bond acceptors (Lipinski definition) is 3. The van der Waals surface area contributed by atoms with E-state index in [0.29, 0.717) is 19.6 Å². The van der Waals surface area contributed by atoms with Gasteiger partial charge < -0.3 is 9.84 Å². The molecule has 0 amide bonds. The molecule has 0 aromatic heterocycles. The zero-order valence-corrected chi connectivity index (χ0v) is 21.1. The van der Waals surface area contributed by atoms with Gasteiger partial charge in [0.2, 0.25) is 0 Å². The molecule has 0 bridgehead atoms. The molecular weight excluding hydrogens is 384 g/mol. The predicted molar refractivity (Wildman–Crippen MR) is 135 cm³/mol. The van der Waals surface area contributed by atoms with E-state index in [1.807, 2.05) is 0 Å². The lowest BCUT2D eigenvalue weighted by Gasteiger charge is -2.05. The molecule has 3 heteroatoms. The van der Waals surface area contributed by atoms with Crippen molar-refractivity contribution in [2.45, 2.75) is 161 Å². The zero-order valence-electron chi connectivity index (χ0n) is 21.1. The summed E-state index contributed by atoms with van der Waals surface area (Å²) in [5.74, 6) is -0.00121. The van der Waals surface area contributed by atoms with Crippen molar-refractivity contribution >= 4 is 5.97 Å². The summed E-state index contributed by atoms with van der Waals surface area (Å²) in [6.45, 7) is 3.20. The van der Waals surface area contributed by atoms with E-state index in [-0.39, 0.29) is 5.97 Å². The highest BCUT2D eigenvalue weighted by atomic mass is 16.5. The van der Waals surface area contributed by atoms with Gasteiger partial charge in [0, 0.05) is 13.0 Å². The summed E-state index contributed by atoms with van der Waals surface area (Å²) < 4.78 is 5.35. The number of carbonyl (C=O) groups excluding carboxylic acids is 1. The number of rotatable bonds is 26. The molecule has 0 aromatic carbocycles. The van der Waals surface area contributed by atoms with Gasteiger partial charge in [0.25, 0.3) is 0 Å². The normalized spacial score (nSPS) is 11.2. The summed E-state index contributed by atoms with van der Waals surface area (Å²) in [5, 5.41) is 8.73. The number of hydrogen-bond donors (Lipinski definition) is 1. The first-order valence-electron chi connectivity index (χ1n) is 14.1. The lowest BCUT2D eigenvalue weighted by molar-refractivity contribution is -0.143. The Morgan fingerprint density at radius 3 is 1.29 bits per heavy atom. The molecule has 0 atom stereocenters. The fourth-order valence-electron chi connectivity index (χ4n) is 4.17. The second-order valence-electron chi connectivity index (χ2n) is 9.47. The second kappa shape index (κ2) is 27.5. The molecule has 0 rings (SSSR count). The van der Waals surface area contributed by atoms with Crippen molar-refractivity contribution in [2.24, 2.45) is 0 Å². The molecule has 0 saturated heterocycles. The largest absolute Gasteiger partial charge is 0.466 e. The van der Waals surface area contributed by atoms with Gasteiger partial charge in [-0.2, -0.15) is 0 Å². The lowest BCUT2D eigenvalue weighted by atomic mass is 10.0. The summed E-state index contributed by atoms with van der Waals surface area (Å²) in [6, 6.07) is 0. The van der Waals surface area contributed by atoms with Crippen LogP contribution in [0.25, 0.3) is 0 Å². The van der Waals surface area contributed by atoms with Crippen LogP contribution in [0.5, 0.6) is 0 Å². The van der Waals surface area contributed by atoms with Gasteiger partial charge in [0.05, 0.1) is 6.61 Å². The fourth-order valence-corrected chi connectivity index (χ4v) is 4.17. The Morgan fingerprint density at radius 1 is 0.516 bits per heavy atom. The molecule has 0 aliphatic heterocycles. The van der Waals surface area contributed by atoms with Gasteiger partial charge >= 0.3 is 5.97 Å². The van der Waals surface area contributed by atoms with Crippen LogP contribution in [0.4, 0.5) is 0 Å². The van der Waals surface area contributed by atoms with Crippen molar-refractivity contribution in [2.75, 3.05) is 13.2 Å². The number of unbranched alkanes of at least 4 members (excludes halogenated alkanes) is 21. The fraction of sp³-hybridized carbons (Fsp3) is 0.964. The summed E-state index contributed by atoms with van der Waals surface area (Å²) in [7, 11) is 0. The van der Waals surface area contributed by atoms with Crippen molar-refractivity contribution in [1.82, 2.24) is 0 Å². The highest BCUT2D eigenvalue weighted by Crippen LogP contribution is 2.14. The molecule has 186 valence electrons. The van der Waals surface area contributed by atoms with Crippen LogP contribution in [0.1, 0.15) is 161 Å². The molecule has 0 saturated carbocycles. The van der Waals surface area contributed by atoms with Gasteiger partial charge in [0.15, 0.2) is 0 Å². The standard InChI is InChI=1S/C28H56O3/c1-2-3-4-5-6-7-8-9-10-11-12-13-16-19-22-25-28(30)31-27-24-21-18-15-14-17-20-23-26-29/h29H,2-27H2,1H3. The minimum atomic E-state index is -0.00121. The van der Waals surface area contributed by atoms with Crippen molar-refractivity contribution in [3.8, 4) is 0 Å². The second-order valence-corrected chi connectivity index (χ2v) is 9.47. The van der Waals surface area contributed by atoms with Gasteiger partial charge in [-0.3, -0.25) is 4.79 Å². The van der Waals surface area contributed by atoms with Crippen LogP contribution in [0.3, 0.4) is 0 Å². The Morgan fingerprint density at radius 2 is 0.871 bits per heavy atom. The summed E-state index contributed by atoms with van der Waals surface area (Å²) >= 11 is 0. The molecule has 0 aromatic rings. The van der Waals surface area contributed by atoms with E-state index >= 15 is 0 Å². The monoisotopic (exact) mass is 440 g/mol. The third-order valence-corrected chi connectivity index (χ3v) is 6.30. The molecule has 0 heterocycles. The first-order valence-corrected chi connectivity index (χ1v) is 14.1. The molecule has 0 fully saturated rings. The van der Waals surface area contributed by atoms with Crippen LogP contribution >= 0.6 is 0 Å². The zero-order chi connectivity index (χ0) is 22.7. The molecule has 0 spiro atoms. The first-order chi connectivity index (χ1) is 15.3. The van der Waals surface area contributed by atoms with Crippen molar-refractivity contribution in [3.05, 3.63) is 0 Å². The SMILES string of the molecule is CCCCCCCCCCCCCCCCCC(=O)OCCCCCCCCCCO. The average Bonchev–Trinajstić information content (AvgIpc) is 2.77. The van der Waals surface area contributed by atoms with Gasteiger partial charge in [-0.1, -0.05) is 135 Å². The van der Waals surface area contributed by atoms with Gasteiger partial charge in [-0.05, 0) is 19.3 Å². The van der Waals surface area contributed by atoms with Crippen LogP contribution in [0.2, 0.25) is 0 Å². The average molecular weight is 441 g/mol. The Balaban J connectivity index is 3.13. The summed E-state index contributed by atoms with van der Waals surface area (Å²) in [5.41, 5.74) is 0. The number of aliphatic hydroxyl groups excluding tert-OH is 1. The Hall–Kier alpha value is -0.570. The van der Waals surface area contributed by atoms with E-state index in [1.54, 1.807) is 0 Å². The number of carbonyl (C=O) groups is 1. The predicted octanol–water partition coefficient (Wildman–Crippen LogP) is 8.90. The van der Waals surface area contributed by atoms with Gasteiger partial charge in [0.1, 0.15) is 0 Å². The summed E-state index contributed by atoms with van der Waals surface area (Å²) in [4.78, 5) is 11.8. The molecular formula is C28H56O3. The molecule has 0 aliphatic carbocycles. The summed E-state index contributed by atoms with van der Waals surface area (Å²) in [6.07, 6.45) is 30.1. The van der Waals surface area contributed by atoms with E-state index in [2.05, 4.69) is 6.92 Å². The van der Waals surface area contributed by atoms with Crippen molar-refractivity contribution in [3.63, 3.8) is 0 Å². The van der Waals surface area contributed by atoms with E-state index in [9.17, 15) is 4.79 Å². The number of ether oxygens (including phenoxy) is 1. The molecule has 0 radical (unpaired) electrons. The minimum Gasteiger partial charge on any atom is -0.466 e. The molecule has 0 unspecified atom stereocenters. The van der Waals surface area contributed by atoms with Crippen molar-refractivity contribution < 1.29 is 14.6 Å². The maximum Gasteiger partial charge on any atom is 0.305 e. The van der Waals surface area contributed by atoms with E-state index in [4.69, 9.17) is 9.84 Å². The van der Waals surface area contributed by atoms with E-state index < -0.39 is 0 Å². The highest BCUT2D eigenvalue weighted by molar-refractivity contribution is 5.69. The maximum absolute atomic E-state index is 11.8. The first kappa shape index (κ1) is 30.4. The van der Waals surface area contributed by atoms with Gasteiger partial charge in [-0.15, -0.1) is 0 Å². The molecule has 0 aliphatic rings. The third-order valence-electron chi connectivity index (χ3n) is 6.30. The Bertz CT molecular complexity index is 343. The van der Waals surface area contributed by atoms with Crippen molar-refractivity contribution in [1.29, 1.82) is 0 Å².